The first kappa shape index (κ1) is 13.9. The third-order valence-corrected chi connectivity index (χ3v) is 3.64. The van der Waals surface area contributed by atoms with E-state index in [9.17, 15) is 0 Å². The first-order valence-electron chi connectivity index (χ1n) is 7.09. The molecule has 0 bridgehead atoms. The molecule has 0 heteroatoms. The van der Waals surface area contributed by atoms with Crippen molar-refractivity contribution in [1.82, 2.24) is 0 Å². The van der Waals surface area contributed by atoms with Gasteiger partial charge in [0.05, 0.1) is 0 Å². The van der Waals surface area contributed by atoms with Gasteiger partial charge in [-0.05, 0) is 33.6 Å². The van der Waals surface area contributed by atoms with Crippen LogP contribution < -0.4 is 0 Å². The minimum atomic E-state index is 0.221. The van der Waals surface area contributed by atoms with Crippen LogP contribution in [0.25, 0.3) is 11.1 Å². The summed E-state index contributed by atoms with van der Waals surface area (Å²) in [7, 11) is 0. The minimum absolute atomic E-state index is 0.221. The van der Waals surface area contributed by atoms with E-state index in [1.54, 1.807) is 0 Å². The Balaban J connectivity index is 2.35. The predicted molar refractivity (Wildman–Crippen MR) is 84.7 cm³/mol. The van der Waals surface area contributed by atoms with Gasteiger partial charge in [-0.2, -0.15) is 0 Å². The largest absolute Gasteiger partial charge is 0.0614 e. The van der Waals surface area contributed by atoms with Gasteiger partial charge in [-0.15, -0.1) is 0 Å². The van der Waals surface area contributed by atoms with E-state index in [1.165, 1.54) is 22.3 Å². The van der Waals surface area contributed by atoms with Crippen molar-refractivity contribution in [3.05, 3.63) is 59.7 Å². The molecule has 0 nitrogen and oxygen atoms in total. The molecule has 0 saturated carbocycles. The molecule has 0 atom stereocenters. The van der Waals surface area contributed by atoms with E-state index >= 15 is 0 Å². The number of hydrogen-bond donors (Lipinski definition) is 0. The summed E-state index contributed by atoms with van der Waals surface area (Å²) in [6.07, 6.45) is 0. The second-order valence-electron chi connectivity index (χ2n) is 6.61. The van der Waals surface area contributed by atoms with Gasteiger partial charge in [-0.25, -0.2) is 0 Å². The second kappa shape index (κ2) is 5.21. The Morgan fingerprint density at radius 1 is 0.789 bits per heavy atom. The summed E-state index contributed by atoms with van der Waals surface area (Å²) >= 11 is 0. The lowest BCUT2D eigenvalue weighted by Gasteiger charge is -2.19. The quantitative estimate of drug-likeness (QED) is 0.636. The summed E-state index contributed by atoms with van der Waals surface area (Å²) in [5, 5.41) is 0. The van der Waals surface area contributed by atoms with E-state index in [-0.39, 0.29) is 5.41 Å². The molecule has 0 unspecified atom stereocenters. The topological polar surface area (TPSA) is 0 Å². The Morgan fingerprint density at radius 2 is 1.42 bits per heavy atom. The van der Waals surface area contributed by atoms with E-state index in [1.807, 2.05) is 0 Å². The summed E-state index contributed by atoms with van der Waals surface area (Å²) in [5.41, 5.74) is 5.62. The van der Waals surface area contributed by atoms with Gasteiger partial charge in [0.15, 0.2) is 0 Å². The molecular weight excluding hydrogens is 228 g/mol. The fraction of sp³-hybridized carbons (Fsp3) is 0.368. The minimum Gasteiger partial charge on any atom is -0.0614 e. The van der Waals surface area contributed by atoms with Crippen LogP contribution in [0.5, 0.6) is 0 Å². The van der Waals surface area contributed by atoms with Gasteiger partial charge in [0, 0.05) is 0 Å². The third kappa shape index (κ3) is 3.26. The maximum atomic E-state index is 2.30. The zero-order chi connectivity index (χ0) is 14.0. The van der Waals surface area contributed by atoms with Gasteiger partial charge in [-0.1, -0.05) is 83.1 Å². The van der Waals surface area contributed by atoms with Crippen molar-refractivity contribution in [3.63, 3.8) is 0 Å². The first-order valence-corrected chi connectivity index (χ1v) is 7.09. The molecule has 0 aliphatic carbocycles. The molecule has 0 aliphatic rings. The predicted octanol–water partition coefficient (Wildman–Crippen LogP) is 5.77. The molecule has 100 valence electrons. The van der Waals surface area contributed by atoms with E-state index in [0.29, 0.717) is 5.92 Å². The lowest BCUT2D eigenvalue weighted by atomic mass is 9.86. The van der Waals surface area contributed by atoms with Crippen LogP contribution in [0.1, 0.15) is 51.7 Å². The fourth-order valence-electron chi connectivity index (χ4n) is 2.24. The number of benzene rings is 2. The average Bonchev–Trinajstić information content (AvgIpc) is 2.38. The highest BCUT2D eigenvalue weighted by Gasteiger charge is 2.13. The molecule has 2 aromatic rings. The Morgan fingerprint density at radius 3 is 1.95 bits per heavy atom. The summed E-state index contributed by atoms with van der Waals surface area (Å²) < 4.78 is 0. The lowest BCUT2D eigenvalue weighted by molar-refractivity contribution is 0.590. The molecule has 0 heterocycles. The lowest BCUT2D eigenvalue weighted by Crippen LogP contribution is -2.10. The highest BCUT2D eigenvalue weighted by molar-refractivity contribution is 5.64. The molecule has 0 fully saturated rings. The first-order chi connectivity index (χ1) is 8.88. The molecule has 19 heavy (non-hydrogen) atoms. The Labute approximate surface area is 117 Å². The van der Waals surface area contributed by atoms with Crippen molar-refractivity contribution in [2.45, 2.75) is 46.0 Å². The highest BCUT2D eigenvalue weighted by atomic mass is 14.2. The van der Waals surface area contributed by atoms with Gasteiger partial charge < -0.3 is 0 Å². The van der Waals surface area contributed by atoms with Crippen molar-refractivity contribution in [3.8, 4) is 11.1 Å². The SMILES string of the molecule is CC(C)c1cccc(-c2ccc(C(C)(C)C)cc2)c1. The van der Waals surface area contributed by atoms with Crippen molar-refractivity contribution >= 4 is 0 Å². The van der Waals surface area contributed by atoms with Gasteiger partial charge in [-0.3, -0.25) is 0 Å². The van der Waals surface area contributed by atoms with Crippen LogP contribution in [0, 0.1) is 0 Å². The smallest absolute Gasteiger partial charge is 0.0132 e. The molecule has 0 radical (unpaired) electrons. The van der Waals surface area contributed by atoms with Crippen LogP contribution in [-0.2, 0) is 5.41 Å². The maximum absolute atomic E-state index is 2.30. The number of rotatable bonds is 2. The molecule has 0 amide bonds. The van der Waals surface area contributed by atoms with Crippen LogP contribution in [0.15, 0.2) is 48.5 Å². The molecule has 2 rings (SSSR count). The third-order valence-electron chi connectivity index (χ3n) is 3.64. The summed E-state index contributed by atoms with van der Waals surface area (Å²) in [6, 6.07) is 17.8. The molecule has 0 aromatic heterocycles. The van der Waals surface area contributed by atoms with E-state index < -0.39 is 0 Å². The van der Waals surface area contributed by atoms with Gasteiger partial charge >= 0.3 is 0 Å². The average molecular weight is 252 g/mol. The highest BCUT2D eigenvalue weighted by Crippen LogP contribution is 2.27. The van der Waals surface area contributed by atoms with Crippen molar-refractivity contribution < 1.29 is 0 Å². The van der Waals surface area contributed by atoms with E-state index in [0.717, 1.165) is 0 Å². The van der Waals surface area contributed by atoms with Crippen LogP contribution in [0.2, 0.25) is 0 Å². The summed E-state index contributed by atoms with van der Waals surface area (Å²) in [6.45, 7) is 11.2. The van der Waals surface area contributed by atoms with Gasteiger partial charge in [0.2, 0.25) is 0 Å². The molecule has 2 aromatic carbocycles. The molecule has 0 spiro atoms. The normalized spacial score (nSPS) is 11.9. The van der Waals surface area contributed by atoms with Gasteiger partial charge in [0.25, 0.3) is 0 Å². The second-order valence-corrected chi connectivity index (χ2v) is 6.61. The van der Waals surface area contributed by atoms with Crippen LogP contribution in [0.3, 0.4) is 0 Å². The molecular formula is C19H24. The van der Waals surface area contributed by atoms with Crippen LogP contribution >= 0.6 is 0 Å². The molecule has 0 saturated heterocycles. The standard InChI is InChI=1S/C19H24/c1-14(2)16-7-6-8-17(13-16)15-9-11-18(12-10-15)19(3,4)5/h6-14H,1-5H3. The van der Waals surface area contributed by atoms with Gasteiger partial charge in [0.1, 0.15) is 0 Å². The molecule has 0 aliphatic heterocycles. The van der Waals surface area contributed by atoms with Crippen LogP contribution in [-0.4, -0.2) is 0 Å². The Kier molecular flexibility index (Phi) is 3.80. The Hall–Kier alpha value is -1.56. The van der Waals surface area contributed by atoms with Crippen molar-refractivity contribution in [2.24, 2.45) is 0 Å². The molecule has 0 N–H and O–H groups in total. The fourth-order valence-corrected chi connectivity index (χ4v) is 2.24. The number of hydrogen-bond acceptors (Lipinski definition) is 0. The Bertz CT molecular complexity index is 539. The van der Waals surface area contributed by atoms with Crippen molar-refractivity contribution in [1.29, 1.82) is 0 Å². The zero-order valence-electron chi connectivity index (χ0n) is 12.7. The van der Waals surface area contributed by atoms with Crippen LogP contribution in [0.4, 0.5) is 0 Å². The monoisotopic (exact) mass is 252 g/mol. The summed E-state index contributed by atoms with van der Waals surface area (Å²) in [4.78, 5) is 0. The van der Waals surface area contributed by atoms with E-state index in [2.05, 4.69) is 83.1 Å². The zero-order valence-corrected chi connectivity index (χ0v) is 12.7. The summed E-state index contributed by atoms with van der Waals surface area (Å²) in [5.74, 6) is 0.578. The maximum Gasteiger partial charge on any atom is -0.0132 e. The van der Waals surface area contributed by atoms with E-state index in [4.69, 9.17) is 0 Å². The van der Waals surface area contributed by atoms with Crippen molar-refractivity contribution in [2.75, 3.05) is 0 Å².